The summed E-state index contributed by atoms with van der Waals surface area (Å²) in [6, 6.07) is 8.19. The number of nitrogens with zero attached hydrogens (tertiary/aromatic N) is 4. The molecule has 0 aliphatic rings. The zero-order valence-corrected chi connectivity index (χ0v) is 16.4. The maximum absolute atomic E-state index is 13.8. The predicted octanol–water partition coefficient (Wildman–Crippen LogP) is 3.91. The molecule has 0 bridgehead atoms. The van der Waals surface area contributed by atoms with Crippen molar-refractivity contribution in [1.29, 1.82) is 0 Å². The number of carbonyl (C=O) groups is 1. The highest BCUT2D eigenvalue weighted by atomic mass is 79.9. The number of nitrogens with one attached hydrogen (secondary N) is 1. The highest BCUT2D eigenvalue weighted by Gasteiger charge is 2.10. The second-order valence-electron chi connectivity index (χ2n) is 5.51. The van der Waals surface area contributed by atoms with Gasteiger partial charge in [0.05, 0.1) is 17.1 Å². The van der Waals surface area contributed by atoms with Gasteiger partial charge in [0.25, 0.3) is 0 Å². The number of anilines is 1. The third kappa shape index (κ3) is 4.47. The van der Waals surface area contributed by atoms with Crippen LogP contribution in [-0.2, 0) is 4.79 Å². The first-order valence-corrected chi connectivity index (χ1v) is 9.43. The largest absolute Gasteiger partial charge is 0.323 e. The Morgan fingerprint density at radius 1 is 1.27 bits per heavy atom. The molecule has 1 amide bonds. The third-order valence-corrected chi connectivity index (χ3v) is 4.83. The summed E-state index contributed by atoms with van der Waals surface area (Å²) < 4.78 is 16.1. The Hall–Kier alpha value is -2.26. The molecule has 26 heavy (non-hydrogen) atoms. The van der Waals surface area contributed by atoms with Crippen LogP contribution in [0.1, 0.15) is 11.4 Å². The smallest absolute Gasteiger partial charge is 0.234 e. The lowest BCUT2D eigenvalue weighted by atomic mass is 10.3. The zero-order chi connectivity index (χ0) is 18.7. The number of thioether (sulfide) groups is 1. The van der Waals surface area contributed by atoms with Gasteiger partial charge >= 0.3 is 0 Å². The fraction of sp³-hybridized carbons (Fsp3) is 0.176. The Kier molecular flexibility index (Phi) is 5.67. The van der Waals surface area contributed by atoms with Gasteiger partial charge in [0.1, 0.15) is 17.2 Å². The molecule has 2 aromatic heterocycles. The summed E-state index contributed by atoms with van der Waals surface area (Å²) in [6.07, 6.45) is 1.43. The van der Waals surface area contributed by atoms with Gasteiger partial charge < -0.3 is 5.32 Å². The average Bonchev–Trinajstić information content (AvgIpc) is 2.94. The maximum Gasteiger partial charge on any atom is 0.234 e. The Morgan fingerprint density at radius 3 is 2.77 bits per heavy atom. The van der Waals surface area contributed by atoms with Crippen LogP contribution in [0.4, 0.5) is 10.1 Å². The minimum absolute atomic E-state index is 0.100. The zero-order valence-electron chi connectivity index (χ0n) is 14.0. The molecule has 0 fully saturated rings. The summed E-state index contributed by atoms with van der Waals surface area (Å²) in [5.74, 6) is -0.0789. The van der Waals surface area contributed by atoms with E-state index in [1.807, 2.05) is 19.9 Å². The summed E-state index contributed by atoms with van der Waals surface area (Å²) in [5.41, 5.74) is 2.00. The van der Waals surface area contributed by atoms with Crippen molar-refractivity contribution in [2.75, 3.05) is 11.1 Å². The van der Waals surface area contributed by atoms with Crippen molar-refractivity contribution in [1.82, 2.24) is 19.7 Å². The lowest BCUT2D eigenvalue weighted by molar-refractivity contribution is -0.113. The molecular weight excluding hydrogens is 421 g/mol. The quantitative estimate of drug-likeness (QED) is 0.485. The number of hydrogen-bond acceptors (Lipinski definition) is 5. The predicted molar refractivity (Wildman–Crippen MR) is 102 cm³/mol. The van der Waals surface area contributed by atoms with Crippen molar-refractivity contribution in [3.05, 3.63) is 58.3 Å². The molecule has 0 saturated carbocycles. The van der Waals surface area contributed by atoms with E-state index in [9.17, 15) is 9.18 Å². The first-order valence-electron chi connectivity index (χ1n) is 7.66. The van der Waals surface area contributed by atoms with Crippen molar-refractivity contribution in [3.63, 3.8) is 0 Å². The van der Waals surface area contributed by atoms with Gasteiger partial charge in [0.2, 0.25) is 5.91 Å². The number of amides is 1. The molecule has 3 aromatic rings. The molecule has 0 aliphatic carbocycles. The highest BCUT2D eigenvalue weighted by molar-refractivity contribution is 9.10. The number of rotatable bonds is 5. The van der Waals surface area contributed by atoms with Crippen LogP contribution in [0.25, 0.3) is 5.82 Å². The number of hydrogen-bond donors (Lipinski definition) is 1. The van der Waals surface area contributed by atoms with Crippen LogP contribution >= 0.6 is 27.7 Å². The molecular formula is C17H15BrFN5OS. The van der Waals surface area contributed by atoms with Gasteiger partial charge in [-0.1, -0.05) is 27.7 Å². The maximum atomic E-state index is 13.8. The SMILES string of the molecule is Cc1cc(C)n(-c2cc(SCC(=O)Nc3ccc(Br)cc3F)ncn2)n1. The van der Waals surface area contributed by atoms with E-state index in [0.29, 0.717) is 15.3 Å². The van der Waals surface area contributed by atoms with E-state index in [-0.39, 0.29) is 17.3 Å². The van der Waals surface area contributed by atoms with E-state index >= 15 is 0 Å². The monoisotopic (exact) mass is 435 g/mol. The molecule has 2 heterocycles. The summed E-state index contributed by atoms with van der Waals surface area (Å²) >= 11 is 4.42. The average molecular weight is 436 g/mol. The van der Waals surface area contributed by atoms with E-state index < -0.39 is 5.82 Å². The van der Waals surface area contributed by atoms with Gasteiger partial charge in [-0.15, -0.1) is 0 Å². The Morgan fingerprint density at radius 2 is 2.08 bits per heavy atom. The molecule has 0 aliphatic heterocycles. The topological polar surface area (TPSA) is 72.7 Å². The van der Waals surface area contributed by atoms with Gasteiger partial charge in [-0.2, -0.15) is 5.10 Å². The molecule has 6 nitrogen and oxygen atoms in total. The molecule has 0 spiro atoms. The van der Waals surface area contributed by atoms with Gasteiger partial charge in [-0.05, 0) is 38.1 Å². The fourth-order valence-corrected chi connectivity index (χ4v) is 3.30. The summed E-state index contributed by atoms with van der Waals surface area (Å²) in [5, 5.41) is 7.56. The number of halogens is 2. The van der Waals surface area contributed by atoms with Crippen molar-refractivity contribution < 1.29 is 9.18 Å². The van der Waals surface area contributed by atoms with Gasteiger partial charge in [0, 0.05) is 16.2 Å². The van der Waals surface area contributed by atoms with Crippen LogP contribution in [0.15, 0.2) is 46.2 Å². The minimum Gasteiger partial charge on any atom is -0.323 e. The molecule has 1 N–H and O–H groups in total. The normalized spacial score (nSPS) is 10.8. The summed E-state index contributed by atoms with van der Waals surface area (Å²) in [7, 11) is 0. The summed E-state index contributed by atoms with van der Waals surface area (Å²) in [4.78, 5) is 20.4. The van der Waals surface area contributed by atoms with Crippen molar-refractivity contribution in [3.8, 4) is 5.82 Å². The van der Waals surface area contributed by atoms with Crippen LogP contribution in [0.3, 0.4) is 0 Å². The number of aromatic nitrogens is 4. The first kappa shape index (κ1) is 18.5. The van der Waals surface area contributed by atoms with Crippen LogP contribution in [-0.4, -0.2) is 31.4 Å². The van der Waals surface area contributed by atoms with Crippen LogP contribution in [0.2, 0.25) is 0 Å². The van der Waals surface area contributed by atoms with Crippen molar-refractivity contribution in [2.24, 2.45) is 0 Å². The Labute approximate surface area is 162 Å². The second-order valence-corrected chi connectivity index (χ2v) is 7.43. The molecule has 1 aromatic carbocycles. The molecule has 0 radical (unpaired) electrons. The molecule has 0 atom stereocenters. The summed E-state index contributed by atoms with van der Waals surface area (Å²) in [6.45, 7) is 3.85. The molecule has 134 valence electrons. The number of carbonyl (C=O) groups excluding carboxylic acids is 1. The van der Waals surface area contributed by atoms with Crippen molar-refractivity contribution in [2.45, 2.75) is 18.9 Å². The lowest BCUT2D eigenvalue weighted by Crippen LogP contribution is -2.15. The van der Waals surface area contributed by atoms with E-state index in [0.717, 1.165) is 11.4 Å². The standard InChI is InChI=1S/C17H15BrFN5OS/c1-10-5-11(2)24(23-10)15-7-17(21-9-20-15)26-8-16(25)22-14-4-3-12(18)6-13(14)19/h3-7,9H,8H2,1-2H3,(H,22,25). The number of aryl methyl sites for hydroxylation is 2. The fourth-order valence-electron chi connectivity index (χ4n) is 2.30. The van der Waals surface area contributed by atoms with Crippen molar-refractivity contribution >= 4 is 39.3 Å². The van der Waals surface area contributed by atoms with E-state index in [1.54, 1.807) is 16.8 Å². The van der Waals surface area contributed by atoms with Crippen LogP contribution in [0, 0.1) is 19.7 Å². The van der Waals surface area contributed by atoms with Crippen LogP contribution < -0.4 is 5.32 Å². The molecule has 0 unspecified atom stereocenters. The lowest BCUT2D eigenvalue weighted by Gasteiger charge is -2.07. The van der Waals surface area contributed by atoms with E-state index in [1.165, 1.54) is 30.2 Å². The van der Waals surface area contributed by atoms with Crippen LogP contribution in [0.5, 0.6) is 0 Å². The second kappa shape index (κ2) is 7.96. The third-order valence-electron chi connectivity index (χ3n) is 3.41. The Bertz CT molecular complexity index is 962. The molecule has 0 saturated heterocycles. The van der Waals surface area contributed by atoms with E-state index in [2.05, 4.69) is 36.3 Å². The molecule has 9 heteroatoms. The molecule has 3 rings (SSSR count). The van der Waals surface area contributed by atoms with Gasteiger partial charge in [0.15, 0.2) is 5.82 Å². The first-order chi connectivity index (χ1) is 12.4. The number of benzene rings is 1. The minimum atomic E-state index is -0.494. The van der Waals surface area contributed by atoms with E-state index in [4.69, 9.17) is 0 Å². The highest BCUT2D eigenvalue weighted by Crippen LogP contribution is 2.21. The Balaban J connectivity index is 1.65. The van der Waals surface area contributed by atoms with Gasteiger partial charge in [-0.3, -0.25) is 4.79 Å². The van der Waals surface area contributed by atoms with Gasteiger partial charge in [-0.25, -0.2) is 19.0 Å².